The normalized spacial score (nSPS) is 10.9. The zero-order valence-corrected chi connectivity index (χ0v) is 17.2. The number of nitrogens with zero attached hydrogens (tertiary/aromatic N) is 2. The highest BCUT2D eigenvalue weighted by Crippen LogP contribution is 2.22. The summed E-state index contributed by atoms with van der Waals surface area (Å²) < 4.78 is 21.9. The van der Waals surface area contributed by atoms with Crippen LogP contribution in [0.3, 0.4) is 0 Å². The van der Waals surface area contributed by atoms with Gasteiger partial charge < -0.3 is 13.9 Å². The highest BCUT2D eigenvalue weighted by atomic mass is 32.1. The third kappa shape index (κ3) is 4.54. The molecule has 0 saturated heterocycles. The molecule has 0 spiro atoms. The Bertz CT molecular complexity index is 1130. The number of esters is 1. The second kappa shape index (κ2) is 8.57. The van der Waals surface area contributed by atoms with Gasteiger partial charge in [0.05, 0.1) is 6.42 Å². The van der Waals surface area contributed by atoms with Gasteiger partial charge in [-0.2, -0.15) is 0 Å². The van der Waals surface area contributed by atoms with Crippen molar-refractivity contribution in [1.82, 2.24) is 9.13 Å². The zero-order valence-electron chi connectivity index (χ0n) is 16.4. The molecule has 3 aromatic rings. The summed E-state index contributed by atoms with van der Waals surface area (Å²) in [5.74, 6) is -1.25. The van der Waals surface area contributed by atoms with Gasteiger partial charge in [-0.25, -0.2) is 4.39 Å². The first-order valence-corrected chi connectivity index (χ1v) is 9.94. The first-order valence-electron chi connectivity index (χ1n) is 9.06. The minimum Gasteiger partial charge on any atom is -0.457 e. The van der Waals surface area contributed by atoms with Gasteiger partial charge in [0.2, 0.25) is 5.78 Å². The summed E-state index contributed by atoms with van der Waals surface area (Å²) in [5, 5.41) is 1.73. The van der Waals surface area contributed by atoms with E-state index in [1.54, 1.807) is 42.0 Å². The molecule has 152 valence electrons. The van der Waals surface area contributed by atoms with Crippen molar-refractivity contribution in [2.24, 2.45) is 0 Å². The van der Waals surface area contributed by atoms with Gasteiger partial charge in [0.25, 0.3) is 0 Å². The molecule has 3 rings (SSSR count). The van der Waals surface area contributed by atoms with E-state index in [-0.39, 0.29) is 36.0 Å². The number of ketones is 1. The molecular weight excluding hydrogens is 395 g/mol. The van der Waals surface area contributed by atoms with Gasteiger partial charge in [0.15, 0.2) is 6.61 Å². The Hall–Kier alpha value is -3.00. The molecule has 0 fully saturated rings. The summed E-state index contributed by atoms with van der Waals surface area (Å²) in [6.45, 7) is 5.21. The Morgan fingerprint density at radius 1 is 1.14 bits per heavy atom. The van der Waals surface area contributed by atoms with Gasteiger partial charge in [-0.3, -0.25) is 14.4 Å². The third-order valence-electron chi connectivity index (χ3n) is 4.68. The molecule has 0 aliphatic carbocycles. The first kappa shape index (κ1) is 20.7. The summed E-state index contributed by atoms with van der Waals surface area (Å²) in [4.78, 5) is 36.1. The van der Waals surface area contributed by atoms with E-state index in [9.17, 15) is 18.8 Å². The van der Waals surface area contributed by atoms with Crippen molar-refractivity contribution in [2.45, 2.75) is 33.7 Å². The maximum atomic E-state index is 13.6. The van der Waals surface area contributed by atoms with Gasteiger partial charge in [-0.15, -0.1) is 0 Å². The van der Waals surface area contributed by atoms with Crippen molar-refractivity contribution in [1.29, 1.82) is 0 Å². The van der Waals surface area contributed by atoms with Crippen LogP contribution >= 0.6 is 11.3 Å². The van der Waals surface area contributed by atoms with Crippen LogP contribution in [0.2, 0.25) is 0 Å². The largest absolute Gasteiger partial charge is 0.457 e. The van der Waals surface area contributed by atoms with Crippen LogP contribution in [0.4, 0.5) is 4.39 Å². The van der Waals surface area contributed by atoms with E-state index in [0.717, 1.165) is 22.7 Å². The highest BCUT2D eigenvalue weighted by Gasteiger charge is 2.18. The van der Waals surface area contributed by atoms with E-state index < -0.39 is 5.97 Å². The smallest absolute Gasteiger partial charge is 0.308 e. The number of carbonyl (C=O) groups is 2. The number of hydrogen-bond donors (Lipinski definition) is 0. The molecule has 0 atom stereocenters. The fourth-order valence-electron chi connectivity index (χ4n) is 3.23. The van der Waals surface area contributed by atoms with Gasteiger partial charge >= 0.3 is 10.8 Å². The Balaban J connectivity index is 1.65. The van der Waals surface area contributed by atoms with Crippen LogP contribution in [0.15, 0.2) is 40.5 Å². The maximum absolute atomic E-state index is 13.6. The summed E-state index contributed by atoms with van der Waals surface area (Å²) in [6, 6.07) is 7.81. The van der Waals surface area contributed by atoms with E-state index >= 15 is 0 Å². The fraction of sp³-hybridized carbons (Fsp3) is 0.286. The molecular formula is C21H21FN2O4S. The van der Waals surface area contributed by atoms with Gasteiger partial charge in [0.1, 0.15) is 5.82 Å². The third-order valence-corrected chi connectivity index (χ3v) is 5.56. The lowest BCUT2D eigenvalue weighted by molar-refractivity contribution is -0.142. The Morgan fingerprint density at radius 2 is 1.90 bits per heavy atom. The monoisotopic (exact) mass is 416 g/mol. The molecule has 0 bridgehead atoms. The van der Waals surface area contributed by atoms with Crippen molar-refractivity contribution in [3.05, 3.63) is 73.8 Å². The molecule has 1 aromatic carbocycles. The number of rotatable bonds is 7. The summed E-state index contributed by atoms with van der Waals surface area (Å²) >= 11 is 1.08. The SMILES string of the molecule is Cc1cc(C(=O)COC(=O)CCn2c(C)csc2=O)c(C)n1-c1cccc(F)c1. The van der Waals surface area contributed by atoms with Crippen LogP contribution in [0.5, 0.6) is 0 Å². The van der Waals surface area contributed by atoms with Gasteiger partial charge in [0, 0.05) is 40.3 Å². The second-order valence-electron chi connectivity index (χ2n) is 6.73. The van der Waals surface area contributed by atoms with Crippen molar-refractivity contribution in [3.8, 4) is 5.69 Å². The number of aryl methyl sites for hydroxylation is 2. The van der Waals surface area contributed by atoms with Crippen LogP contribution in [-0.2, 0) is 16.1 Å². The molecule has 0 unspecified atom stereocenters. The lowest BCUT2D eigenvalue weighted by Crippen LogP contribution is -2.20. The molecule has 0 aliphatic rings. The van der Waals surface area contributed by atoms with E-state index in [1.165, 1.54) is 16.7 Å². The van der Waals surface area contributed by atoms with Crippen molar-refractivity contribution >= 4 is 23.1 Å². The van der Waals surface area contributed by atoms with Crippen molar-refractivity contribution in [3.63, 3.8) is 0 Å². The molecule has 0 N–H and O–H groups in total. The molecule has 2 aromatic heterocycles. The Kier molecular flexibility index (Phi) is 6.12. The zero-order chi connectivity index (χ0) is 21.1. The summed E-state index contributed by atoms with van der Waals surface area (Å²) in [6.07, 6.45) is 0.00702. The Labute approximate surface area is 171 Å². The van der Waals surface area contributed by atoms with Gasteiger partial charge in [-0.1, -0.05) is 17.4 Å². The molecule has 0 amide bonds. The van der Waals surface area contributed by atoms with Crippen LogP contribution < -0.4 is 4.87 Å². The number of aromatic nitrogens is 2. The molecule has 2 heterocycles. The topological polar surface area (TPSA) is 70.3 Å². The summed E-state index contributed by atoms with van der Waals surface area (Å²) in [7, 11) is 0. The van der Waals surface area contributed by atoms with Gasteiger partial charge in [-0.05, 0) is 45.0 Å². The predicted octanol–water partition coefficient (Wildman–Crippen LogP) is 3.58. The standard InChI is InChI=1S/C21H21FN2O4S/c1-13-9-18(15(3)24(13)17-6-4-5-16(22)10-17)19(25)11-28-20(26)7-8-23-14(2)12-29-21(23)27/h4-6,9-10,12H,7-8,11H2,1-3H3. The van der Waals surface area contributed by atoms with Crippen LogP contribution in [-0.4, -0.2) is 27.5 Å². The first-order chi connectivity index (χ1) is 13.8. The Morgan fingerprint density at radius 3 is 2.55 bits per heavy atom. The number of halogens is 1. The van der Waals surface area contributed by atoms with Crippen LogP contribution in [0, 0.1) is 26.6 Å². The average Bonchev–Trinajstić information content (AvgIpc) is 3.16. The lowest BCUT2D eigenvalue weighted by Gasteiger charge is -2.10. The van der Waals surface area contributed by atoms with Crippen LogP contribution in [0.1, 0.15) is 33.9 Å². The second-order valence-corrected chi connectivity index (χ2v) is 7.55. The summed E-state index contributed by atoms with van der Waals surface area (Å²) in [5.41, 5.74) is 3.25. The lowest BCUT2D eigenvalue weighted by atomic mass is 10.1. The van der Waals surface area contributed by atoms with Crippen molar-refractivity contribution in [2.75, 3.05) is 6.61 Å². The molecule has 0 radical (unpaired) electrons. The molecule has 0 aliphatic heterocycles. The molecule has 29 heavy (non-hydrogen) atoms. The number of benzene rings is 1. The van der Waals surface area contributed by atoms with Crippen LogP contribution in [0.25, 0.3) is 5.69 Å². The van der Waals surface area contributed by atoms with E-state index in [1.807, 2.05) is 6.92 Å². The molecule has 8 heteroatoms. The maximum Gasteiger partial charge on any atom is 0.308 e. The minimum atomic E-state index is -0.546. The number of carbonyl (C=O) groups excluding carboxylic acids is 2. The number of ether oxygens (including phenoxy) is 1. The number of Topliss-reactive ketones (excluding diaryl/α,β-unsaturated/α-hetero) is 1. The molecule has 0 saturated carbocycles. The predicted molar refractivity (Wildman–Crippen MR) is 108 cm³/mol. The van der Waals surface area contributed by atoms with E-state index in [2.05, 4.69) is 0 Å². The van der Waals surface area contributed by atoms with Crippen molar-refractivity contribution < 1.29 is 18.7 Å². The minimum absolute atomic E-state index is 0.00702. The number of hydrogen-bond acceptors (Lipinski definition) is 5. The quantitative estimate of drug-likeness (QED) is 0.436. The van der Waals surface area contributed by atoms with E-state index in [4.69, 9.17) is 4.74 Å². The molecule has 6 nitrogen and oxygen atoms in total. The average molecular weight is 416 g/mol. The fourth-order valence-corrected chi connectivity index (χ4v) is 3.99. The van der Waals surface area contributed by atoms with E-state index in [0.29, 0.717) is 16.9 Å². The highest BCUT2D eigenvalue weighted by molar-refractivity contribution is 7.07. The number of thiazole rings is 1.